The Labute approximate surface area is 133 Å². The Morgan fingerprint density at radius 3 is 2.30 bits per heavy atom. The van der Waals surface area contributed by atoms with E-state index in [1.807, 2.05) is 13.8 Å². The normalized spacial score (nSPS) is 11.4. The lowest BCUT2D eigenvalue weighted by Crippen LogP contribution is -2.25. The van der Waals surface area contributed by atoms with E-state index in [0.717, 1.165) is 10.1 Å². The van der Waals surface area contributed by atoms with E-state index < -0.39 is 17.3 Å². The van der Waals surface area contributed by atoms with Gasteiger partial charge < -0.3 is 0 Å². The van der Waals surface area contributed by atoms with Gasteiger partial charge in [-0.15, -0.1) is 0 Å². The molecular weight excluding hydrogens is 296 g/mol. The number of hydrogen-bond donors (Lipinski definition) is 0. The molecule has 0 atom stereocenters. The molecule has 0 N–H and O–H groups in total. The van der Waals surface area contributed by atoms with Crippen LogP contribution in [0.1, 0.15) is 30.9 Å². The second kappa shape index (κ2) is 5.61. The SMILES string of the molecule is Cc1ccc(F)c(-n2c(F)c(C(C)C)c3ccccc3c2=O)c1. The van der Waals surface area contributed by atoms with Crippen LogP contribution in [0.2, 0.25) is 0 Å². The Balaban J connectivity index is 2.52. The standard InChI is InChI=1S/C19H17F2NO/c1-11(2)17-13-6-4-5-7-14(13)19(23)22(18(17)21)16-10-12(3)8-9-15(16)20/h4-11H,1-3H3. The van der Waals surface area contributed by atoms with Crippen LogP contribution < -0.4 is 5.56 Å². The van der Waals surface area contributed by atoms with Crippen molar-refractivity contribution in [2.24, 2.45) is 0 Å². The molecular formula is C19H17F2NO. The summed E-state index contributed by atoms with van der Waals surface area (Å²) < 4.78 is 30.2. The van der Waals surface area contributed by atoms with Crippen LogP contribution in [0.4, 0.5) is 8.78 Å². The molecule has 118 valence electrons. The van der Waals surface area contributed by atoms with Gasteiger partial charge in [0.25, 0.3) is 5.56 Å². The van der Waals surface area contributed by atoms with E-state index >= 15 is 4.39 Å². The van der Waals surface area contributed by atoms with Crippen LogP contribution in [0.25, 0.3) is 16.5 Å². The summed E-state index contributed by atoms with van der Waals surface area (Å²) in [6, 6.07) is 11.2. The number of pyridine rings is 1. The fraction of sp³-hybridized carbons (Fsp3) is 0.211. The minimum atomic E-state index is -0.701. The second-order valence-corrected chi connectivity index (χ2v) is 6.00. The molecule has 1 heterocycles. The van der Waals surface area contributed by atoms with Gasteiger partial charge in [-0.05, 0) is 42.0 Å². The largest absolute Gasteiger partial charge is 0.268 e. The molecule has 3 rings (SSSR count). The Bertz CT molecular complexity index is 957. The smallest absolute Gasteiger partial charge is 0.265 e. The molecule has 0 radical (unpaired) electrons. The third-order valence-corrected chi connectivity index (χ3v) is 3.99. The van der Waals surface area contributed by atoms with E-state index in [1.54, 1.807) is 37.3 Å². The summed E-state index contributed by atoms with van der Waals surface area (Å²) in [5.41, 5.74) is 0.570. The van der Waals surface area contributed by atoms with Gasteiger partial charge >= 0.3 is 0 Å². The Hall–Kier alpha value is -2.49. The second-order valence-electron chi connectivity index (χ2n) is 6.00. The summed E-state index contributed by atoms with van der Waals surface area (Å²) in [5.74, 6) is -1.46. The van der Waals surface area contributed by atoms with E-state index in [-0.39, 0.29) is 11.6 Å². The predicted molar refractivity (Wildman–Crippen MR) is 88.3 cm³/mol. The fourth-order valence-corrected chi connectivity index (χ4v) is 2.90. The summed E-state index contributed by atoms with van der Waals surface area (Å²) in [6.07, 6.45) is 0. The monoisotopic (exact) mass is 313 g/mol. The maximum atomic E-state index is 15.1. The topological polar surface area (TPSA) is 22.0 Å². The van der Waals surface area contributed by atoms with Crippen LogP contribution in [-0.4, -0.2) is 4.57 Å². The molecule has 3 aromatic rings. The zero-order valence-corrected chi connectivity index (χ0v) is 13.2. The number of hydrogen-bond acceptors (Lipinski definition) is 1. The number of aromatic nitrogens is 1. The predicted octanol–water partition coefficient (Wildman–Crippen LogP) is 4.70. The summed E-state index contributed by atoms with van der Waals surface area (Å²) >= 11 is 0. The zero-order chi connectivity index (χ0) is 16.7. The van der Waals surface area contributed by atoms with E-state index in [0.29, 0.717) is 16.3 Å². The molecule has 0 fully saturated rings. The first-order chi connectivity index (χ1) is 10.9. The summed E-state index contributed by atoms with van der Waals surface area (Å²) in [4.78, 5) is 12.7. The quantitative estimate of drug-likeness (QED) is 0.629. The van der Waals surface area contributed by atoms with Gasteiger partial charge in [-0.1, -0.05) is 38.1 Å². The highest BCUT2D eigenvalue weighted by Gasteiger charge is 2.21. The molecule has 0 aliphatic carbocycles. The molecule has 0 amide bonds. The van der Waals surface area contributed by atoms with E-state index in [1.165, 1.54) is 12.1 Å². The maximum Gasteiger partial charge on any atom is 0.265 e. The molecule has 0 aliphatic heterocycles. The summed E-state index contributed by atoms with van der Waals surface area (Å²) in [6.45, 7) is 5.48. The van der Waals surface area contributed by atoms with Gasteiger partial charge in [-0.3, -0.25) is 4.79 Å². The number of nitrogens with zero attached hydrogens (tertiary/aromatic N) is 1. The number of aryl methyl sites for hydroxylation is 1. The van der Waals surface area contributed by atoms with Crippen molar-refractivity contribution >= 4 is 10.8 Å². The molecule has 2 aromatic carbocycles. The van der Waals surface area contributed by atoms with Gasteiger partial charge in [-0.2, -0.15) is 4.39 Å². The van der Waals surface area contributed by atoms with E-state index in [2.05, 4.69) is 0 Å². The number of halogens is 2. The lowest BCUT2D eigenvalue weighted by atomic mass is 9.97. The van der Waals surface area contributed by atoms with E-state index in [4.69, 9.17) is 0 Å². The van der Waals surface area contributed by atoms with Crippen molar-refractivity contribution in [3.8, 4) is 5.69 Å². The molecule has 4 heteroatoms. The molecule has 0 saturated heterocycles. The third kappa shape index (κ3) is 2.44. The molecule has 0 aliphatic rings. The van der Waals surface area contributed by atoms with Crippen molar-refractivity contribution in [1.29, 1.82) is 0 Å². The number of fused-ring (bicyclic) bond motifs is 1. The van der Waals surface area contributed by atoms with Crippen LogP contribution in [0, 0.1) is 18.7 Å². The Morgan fingerprint density at radius 2 is 1.65 bits per heavy atom. The molecule has 0 saturated carbocycles. The van der Waals surface area contributed by atoms with Crippen molar-refractivity contribution < 1.29 is 8.78 Å². The van der Waals surface area contributed by atoms with Crippen LogP contribution in [0.5, 0.6) is 0 Å². The zero-order valence-electron chi connectivity index (χ0n) is 13.2. The highest BCUT2D eigenvalue weighted by molar-refractivity contribution is 5.85. The molecule has 0 unspecified atom stereocenters. The maximum absolute atomic E-state index is 15.1. The Kier molecular flexibility index (Phi) is 3.76. The minimum absolute atomic E-state index is 0.0554. The lowest BCUT2D eigenvalue weighted by molar-refractivity contribution is 0.512. The average Bonchev–Trinajstić information content (AvgIpc) is 2.50. The highest BCUT2D eigenvalue weighted by Crippen LogP contribution is 2.28. The molecule has 2 nitrogen and oxygen atoms in total. The van der Waals surface area contributed by atoms with Crippen molar-refractivity contribution in [3.05, 3.63) is 75.7 Å². The van der Waals surface area contributed by atoms with Crippen molar-refractivity contribution in [2.45, 2.75) is 26.7 Å². The van der Waals surface area contributed by atoms with Crippen LogP contribution >= 0.6 is 0 Å². The lowest BCUT2D eigenvalue weighted by Gasteiger charge is -2.17. The van der Waals surface area contributed by atoms with Crippen molar-refractivity contribution in [1.82, 2.24) is 4.57 Å². The van der Waals surface area contributed by atoms with Gasteiger partial charge in [0.2, 0.25) is 5.95 Å². The first-order valence-electron chi connectivity index (χ1n) is 7.51. The third-order valence-electron chi connectivity index (χ3n) is 3.99. The Morgan fingerprint density at radius 1 is 1.00 bits per heavy atom. The summed E-state index contributed by atoms with van der Waals surface area (Å²) in [7, 11) is 0. The summed E-state index contributed by atoms with van der Waals surface area (Å²) in [5, 5.41) is 0.966. The van der Waals surface area contributed by atoms with Crippen molar-refractivity contribution in [3.63, 3.8) is 0 Å². The van der Waals surface area contributed by atoms with Gasteiger partial charge in [0.05, 0.1) is 5.69 Å². The highest BCUT2D eigenvalue weighted by atomic mass is 19.1. The first-order valence-corrected chi connectivity index (χ1v) is 7.51. The number of rotatable bonds is 2. The molecule has 1 aromatic heterocycles. The van der Waals surface area contributed by atoms with Gasteiger partial charge in [-0.25, -0.2) is 8.96 Å². The van der Waals surface area contributed by atoms with Crippen molar-refractivity contribution in [2.75, 3.05) is 0 Å². The van der Waals surface area contributed by atoms with Gasteiger partial charge in [0.15, 0.2) is 0 Å². The minimum Gasteiger partial charge on any atom is -0.268 e. The van der Waals surface area contributed by atoms with Crippen LogP contribution in [0.15, 0.2) is 47.3 Å². The van der Waals surface area contributed by atoms with Gasteiger partial charge in [0, 0.05) is 10.9 Å². The first kappa shape index (κ1) is 15.4. The molecule has 0 bridgehead atoms. The number of benzene rings is 2. The molecule has 0 spiro atoms. The van der Waals surface area contributed by atoms with Crippen LogP contribution in [-0.2, 0) is 0 Å². The average molecular weight is 313 g/mol. The van der Waals surface area contributed by atoms with Gasteiger partial charge in [0.1, 0.15) is 5.82 Å². The fourth-order valence-electron chi connectivity index (χ4n) is 2.90. The molecule has 23 heavy (non-hydrogen) atoms. The van der Waals surface area contributed by atoms with E-state index in [9.17, 15) is 9.18 Å². The van der Waals surface area contributed by atoms with Crippen LogP contribution in [0.3, 0.4) is 0 Å².